The van der Waals surface area contributed by atoms with Gasteiger partial charge in [-0.15, -0.1) is 0 Å². The monoisotopic (exact) mass is 327 g/mol. The Hall–Kier alpha value is -0.610. The topological polar surface area (TPSA) is 49.3 Å². The molecule has 0 spiro atoms. The third-order valence-corrected chi connectivity index (χ3v) is 5.56. The Morgan fingerprint density at radius 3 is 2.76 bits per heavy atom. The standard InChI is InChI=1S/C16H19Cl2NO2/c1-2-13(20)15-10(6-9-7-14(21)16(15)19-9)8-3-4-11(17)12(18)5-8/h3-5,9-10,14-16,19,21H,2,6-7H2,1H3. The van der Waals surface area contributed by atoms with Gasteiger partial charge in [-0.1, -0.05) is 36.2 Å². The molecule has 0 aliphatic carbocycles. The second-order valence-corrected chi connectivity index (χ2v) is 6.87. The predicted octanol–water partition coefficient (Wildman–Crippen LogP) is 3.17. The lowest BCUT2D eigenvalue weighted by atomic mass is 9.74. The van der Waals surface area contributed by atoms with Gasteiger partial charge in [-0.2, -0.15) is 0 Å². The molecule has 2 N–H and O–H groups in total. The number of aliphatic hydroxyl groups is 1. The molecule has 0 saturated carbocycles. The highest BCUT2D eigenvalue weighted by Gasteiger charge is 2.49. The number of carbonyl (C=O) groups excluding carboxylic acids is 1. The summed E-state index contributed by atoms with van der Waals surface area (Å²) in [5, 5.41) is 14.7. The van der Waals surface area contributed by atoms with Gasteiger partial charge in [-0.05, 0) is 36.5 Å². The van der Waals surface area contributed by atoms with Gasteiger partial charge in [0.05, 0.1) is 16.1 Å². The number of fused-ring (bicyclic) bond motifs is 2. The first-order valence-corrected chi connectivity index (χ1v) is 8.18. The Morgan fingerprint density at radius 1 is 1.33 bits per heavy atom. The van der Waals surface area contributed by atoms with Crippen LogP contribution in [0.3, 0.4) is 0 Å². The van der Waals surface area contributed by atoms with Crippen LogP contribution in [-0.4, -0.2) is 29.1 Å². The summed E-state index contributed by atoms with van der Waals surface area (Å²) in [5.41, 5.74) is 1.04. The zero-order valence-electron chi connectivity index (χ0n) is 11.9. The van der Waals surface area contributed by atoms with E-state index in [0.717, 1.165) is 18.4 Å². The number of Topliss-reactive ketones (excluding diaryl/α,β-unsaturated/α-hetero) is 1. The molecule has 0 aromatic heterocycles. The van der Waals surface area contributed by atoms with Gasteiger partial charge in [0.25, 0.3) is 0 Å². The number of hydrogen-bond donors (Lipinski definition) is 2. The predicted molar refractivity (Wildman–Crippen MR) is 83.9 cm³/mol. The molecule has 2 fully saturated rings. The lowest BCUT2D eigenvalue weighted by Gasteiger charge is -2.37. The van der Waals surface area contributed by atoms with E-state index in [0.29, 0.717) is 16.5 Å². The lowest BCUT2D eigenvalue weighted by Crippen LogP contribution is -2.50. The summed E-state index contributed by atoms with van der Waals surface area (Å²) in [7, 11) is 0. The highest BCUT2D eigenvalue weighted by atomic mass is 35.5. The average molecular weight is 328 g/mol. The molecule has 2 heterocycles. The molecule has 3 rings (SSSR count). The van der Waals surface area contributed by atoms with Crippen LogP contribution in [0.1, 0.15) is 37.7 Å². The normalized spacial score (nSPS) is 35.0. The van der Waals surface area contributed by atoms with E-state index in [1.54, 1.807) is 6.07 Å². The smallest absolute Gasteiger partial charge is 0.137 e. The Bertz CT molecular complexity index is 563. The highest BCUT2D eigenvalue weighted by molar-refractivity contribution is 6.42. The van der Waals surface area contributed by atoms with E-state index in [-0.39, 0.29) is 29.7 Å². The molecule has 3 nitrogen and oxygen atoms in total. The van der Waals surface area contributed by atoms with Gasteiger partial charge >= 0.3 is 0 Å². The van der Waals surface area contributed by atoms with Crippen molar-refractivity contribution in [2.75, 3.05) is 0 Å². The Labute approximate surface area is 134 Å². The van der Waals surface area contributed by atoms with Gasteiger partial charge < -0.3 is 10.4 Å². The lowest BCUT2D eigenvalue weighted by molar-refractivity contribution is -0.125. The molecule has 5 unspecified atom stereocenters. The van der Waals surface area contributed by atoms with Crippen LogP contribution in [0, 0.1) is 5.92 Å². The Kier molecular flexibility index (Phi) is 4.28. The van der Waals surface area contributed by atoms with Crippen molar-refractivity contribution in [3.05, 3.63) is 33.8 Å². The summed E-state index contributed by atoms with van der Waals surface area (Å²) in [4.78, 5) is 12.4. The quantitative estimate of drug-likeness (QED) is 0.896. The molecular weight excluding hydrogens is 309 g/mol. The summed E-state index contributed by atoms with van der Waals surface area (Å²) >= 11 is 12.1. The van der Waals surface area contributed by atoms with Crippen LogP contribution in [0.15, 0.2) is 18.2 Å². The van der Waals surface area contributed by atoms with E-state index in [2.05, 4.69) is 5.32 Å². The summed E-state index contributed by atoms with van der Waals surface area (Å²) < 4.78 is 0. The molecule has 2 bridgehead atoms. The minimum atomic E-state index is -0.441. The van der Waals surface area contributed by atoms with Crippen LogP contribution >= 0.6 is 23.2 Å². The number of piperidine rings is 1. The van der Waals surface area contributed by atoms with Gasteiger partial charge in [-0.25, -0.2) is 0 Å². The van der Waals surface area contributed by atoms with E-state index >= 15 is 0 Å². The molecule has 0 amide bonds. The summed E-state index contributed by atoms with van der Waals surface area (Å²) in [5.74, 6) is 0.101. The zero-order chi connectivity index (χ0) is 15.1. The molecule has 2 aliphatic heterocycles. The number of benzene rings is 1. The van der Waals surface area contributed by atoms with Crippen molar-refractivity contribution in [2.24, 2.45) is 5.92 Å². The molecular formula is C16H19Cl2NO2. The van der Waals surface area contributed by atoms with Crippen molar-refractivity contribution in [2.45, 2.75) is 50.3 Å². The van der Waals surface area contributed by atoms with E-state index < -0.39 is 6.10 Å². The second-order valence-electron chi connectivity index (χ2n) is 6.05. The maximum Gasteiger partial charge on any atom is 0.137 e. The Balaban J connectivity index is 1.98. The van der Waals surface area contributed by atoms with Crippen LogP contribution in [-0.2, 0) is 4.79 Å². The fourth-order valence-electron chi connectivity index (χ4n) is 3.85. The number of hydrogen-bond acceptors (Lipinski definition) is 3. The van der Waals surface area contributed by atoms with Gasteiger partial charge in [0.15, 0.2) is 0 Å². The Morgan fingerprint density at radius 2 is 2.10 bits per heavy atom. The maximum absolute atomic E-state index is 12.4. The second kappa shape index (κ2) is 5.88. The third-order valence-electron chi connectivity index (χ3n) is 4.82. The number of ketones is 1. The molecule has 5 atom stereocenters. The van der Waals surface area contributed by atoms with Gasteiger partial charge in [-0.3, -0.25) is 4.79 Å². The van der Waals surface area contributed by atoms with E-state index in [1.165, 1.54) is 0 Å². The van der Waals surface area contributed by atoms with Crippen molar-refractivity contribution in [3.63, 3.8) is 0 Å². The van der Waals surface area contributed by atoms with Crippen LogP contribution in [0.4, 0.5) is 0 Å². The third kappa shape index (κ3) is 2.72. The molecule has 2 saturated heterocycles. The number of aliphatic hydroxyl groups excluding tert-OH is 1. The van der Waals surface area contributed by atoms with Gasteiger partial charge in [0, 0.05) is 24.4 Å². The summed E-state index contributed by atoms with van der Waals surface area (Å²) in [6.07, 6.45) is 1.61. The molecule has 21 heavy (non-hydrogen) atoms. The van der Waals surface area contributed by atoms with Crippen molar-refractivity contribution in [1.29, 1.82) is 0 Å². The van der Waals surface area contributed by atoms with Gasteiger partial charge in [0.2, 0.25) is 0 Å². The largest absolute Gasteiger partial charge is 0.391 e. The molecule has 1 aromatic rings. The van der Waals surface area contributed by atoms with Crippen LogP contribution in [0.2, 0.25) is 10.0 Å². The van der Waals surface area contributed by atoms with Crippen LogP contribution in [0.25, 0.3) is 0 Å². The minimum absolute atomic E-state index is 0.0978. The maximum atomic E-state index is 12.4. The first kappa shape index (κ1) is 15.3. The van der Waals surface area contributed by atoms with Crippen molar-refractivity contribution in [1.82, 2.24) is 5.32 Å². The molecule has 1 aromatic carbocycles. The van der Waals surface area contributed by atoms with E-state index in [9.17, 15) is 9.90 Å². The van der Waals surface area contributed by atoms with Crippen LogP contribution in [0.5, 0.6) is 0 Å². The molecule has 114 valence electrons. The number of halogens is 2. The zero-order valence-corrected chi connectivity index (χ0v) is 13.4. The van der Waals surface area contributed by atoms with Crippen molar-refractivity contribution in [3.8, 4) is 0 Å². The average Bonchev–Trinajstić information content (AvgIpc) is 2.76. The van der Waals surface area contributed by atoms with Crippen molar-refractivity contribution >= 4 is 29.0 Å². The number of rotatable bonds is 3. The molecule has 0 radical (unpaired) electrons. The number of carbonyl (C=O) groups is 1. The molecule has 5 heteroatoms. The number of nitrogens with one attached hydrogen (secondary N) is 1. The first-order valence-electron chi connectivity index (χ1n) is 7.43. The summed E-state index contributed by atoms with van der Waals surface area (Å²) in [6.45, 7) is 1.88. The minimum Gasteiger partial charge on any atom is -0.391 e. The van der Waals surface area contributed by atoms with E-state index in [1.807, 2.05) is 19.1 Å². The highest BCUT2D eigenvalue weighted by Crippen LogP contribution is 2.43. The molecule has 2 aliphatic rings. The SMILES string of the molecule is CCC(=O)C1C(c2ccc(Cl)c(Cl)c2)CC2CC(O)C1N2. The fraction of sp³-hybridized carbons (Fsp3) is 0.562. The summed E-state index contributed by atoms with van der Waals surface area (Å²) in [6, 6.07) is 5.72. The van der Waals surface area contributed by atoms with Gasteiger partial charge in [0.1, 0.15) is 5.78 Å². The van der Waals surface area contributed by atoms with Crippen molar-refractivity contribution < 1.29 is 9.90 Å². The van der Waals surface area contributed by atoms with Crippen LogP contribution < -0.4 is 5.32 Å². The fourth-order valence-corrected chi connectivity index (χ4v) is 4.15. The first-order chi connectivity index (χ1) is 10.0. The van der Waals surface area contributed by atoms with E-state index in [4.69, 9.17) is 23.2 Å².